The Morgan fingerprint density at radius 1 is 1.24 bits per heavy atom. The highest BCUT2D eigenvalue weighted by atomic mass is 16.5. The molecule has 1 aromatic heterocycles. The minimum atomic E-state index is 0.338. The second-order valence-corrected chi connectivity index (χ2v) is 3.40. The van der Waals surface area contributed by atoms with Gasteiger partial charge < -0.3 is 9.30 Å². The van der Waals surface area contributed by atoms with Crippen LogP contribution in [-0.4, -0.2) is 4.57 Å². The molecule has 0 saturated heterocycles. The maximum absolute atomic E-state index is 8.98. The van der Waals surface area contributed by atoms with Crippen molar-refractivity contribution in [1.82, 2.24) is 4.57 Å². The van der Waals surface area contributed by atoms with E-state index in [0.717, 1.165) is 0 Å². The molecule has 0 bridgehead atoms. The van der Waals surface area contributed by atoms with Gasteiger partial charge in [-0.25, -0.2) is 0 Å². The lowest BCUT2D eigenvalue weighted by atomic mass is 10.1. The van der Waals surface area contributed by atoms with Crippen LogP contribution >= 0.6 is 0 Å². The molecule has 0 unspecified atom stereocenters. The van der Waals surface area contributed by atoms with Crippen LogP contribution in [0, 0.1) is 28.9 Å². The molecule has 2 aromatic rings. The summed E-state index contributed by atoms with van der Waals surface area (Å²) >= 11 is 0. The van der Waals surface area contributed by atoms with Gasteiger partial charge in [-0.3, -0.25) is 0 Å². The lowest BCUT2D eigenvalue weighted by molar-refractivity contribution is 0.441. The van der Waals surface area contributed by atoms with Crippen LogP contribution in [0.2, 0.25) is 0 Å². The topological polar surface area (TPSA) is 61.7 Å². The smallest absolute Gasteiger partial charge is 0.200 e. The van der Waals surface area contributed by atoms with E-state index in [1.165, 1.54) is 6.07 Å². The standard InChI is InChI=1S/C13H8N3O/c1-16-6-2-3-13(16)17-12-5-4-10(8-14)7-11(12)9-15/h2-5,7H,1H3. The van der Waals surface area contributed by atoms with Crippen molar-refractivity contribution in [2.75, 3.05) is 0 Å². The minimum absolute atomic E-state index is 0.338. The highest BCUT2D eigenvalue weighted by Crippen LogP contribution is 2.25. The van der Waals surface area contributed by atoms with E-state index in [9.17, 15) is 0 Å². The van der Waals surface area contributed by atoms with Crippen LogP contribution in [0.15, 0.2) is 30.3 Å². The van der Waals surface area contributed by atoms with E-state index < -0.39 is 0 Å². The summed E-state index contributed by atoms with van der Waals surface area (Å²) < 4.78 is 7.25. The second-order valence-electron chi connectivity index (χ2n) is 3.40. The number of nitrogens with zero attached hydrogens (tertiary/aromatic N) is 3. The fourth-order valence-electron chi connectivity index (χ4n) is 1.39. The zero-order valence-electron chi connectivity index (χ0n) is 9.14. The summed E-state index contributed by atoms with van der Waals surface area (Å²) in [7, 11) is 1.80. The molecule has 81 valence electrons. The van der Waals surface area contributed by atoms with Gasteiger partial charge in [0, 0.05) is 13.1 Å². The molecule has 1 radical (unpaired) electrons. The van der Waals surface area contributed by atoms with Crippen LogP contribution in [0.25, 0.3) is 0 Å². The molecule has 17 heavy (non-hydrogen) atoms. The largest absolute Gasteiger partial charge is 0.439 e. The van der Waals surface area contributed by atoms with E-state index in [0.29, 0.717) is 22.8 Å². The highest BCUT2D eigenvalue weighted by Gasteiger charge is 2.07. The fraction of sp³-hybridized carbons (Fsp3) is 0.0769. The SMILES string of the molecule is Cn1[c]ccc1Oc1ccc(C#N)cc1C#N. The minimum Gasteiger partial charge on any atom is -0.439 e. The van der Waals surface area contributed by atoms with Crippen LogP contribution in [0.1, 0.15) is 11.1 Å². The zero-order valence-corrected chi connectivity index (χ0v) is 9.14. The second kappa shape index (κ2) is 4.42. The van der Waals surface area contributed by atoms with Crippen LogP contribution in [0.4, 0.5) is 0 Å². The van der Waals surface area contributed by atoms with Crippen LogP contribution in [0.3, 0.4) is 0 Å². The van der Waals surface area contributed by atoms with Crippen molar-refractivity contribution in [1.29, 1.82) is 10.5 Å². The summed E-state index contributed by atoms with van der Waals surface area (Å²) in [4.78, 5) is 0. The van der Waals surface area contributed by atoms with Crippen molar-refractivity contribution < 1.29 is 4.74 Å². The molecule has 0 aliphatic carbocycles. The monoisotopic (exact) mass is 222 g/mol. The molecular weight excluding hydrogens is 214 g/mol. The Labute approximate surface area is 98.9 Å². The summed E-state index contributed by atoms with van der Waals surface area (Å²) in [6, 6.07) is 12.2. The predicted octanol–water partition coefficient (Wildman–Crippen LogP) is 2.36. The molecule has 0 fully saturated rings. The third-order valence-electron chi connectivity index (χ3n) is 2.27. The van der Waals surface area contributed by atoms with Crippen molar-refractivity contribution in [3.8, 4) is 23.8 Å². The number of rotatable bonds is 2. The van der Waals surface area contributed by atoms with E-state index in [1.54, 1.807) is 35.9 Å². The Balaban J connectivity index is 2.38. The number of benzene rings is 1. The average molecular weight is 222 g/mol. The molecule has 0 spiro atoms. The summed E-state index contributed by atoms with van der Waals surface area (Å²) in [5.74, 6) is 1.02. The van der Waals surface area contributed by atoms with Crippen molar-refractivity contribution in [3.05, 3.63) is 47.7 Å². The van der Waals surface area contributed by atoms with Gasteiger partial charge in [0.15, 0.2) is 5.88 Å². The summed E-state index contributed by atoms with van der Waals surface area (Å²) in [5.41, 5.74) is 0.776. The Morgan fingerprint density at radius 3 is 2.65 bits per heavy atom. The highest BCUT2D eigenvalue weighted by molar-refractivity contribution is 5.49. The van der Waals surface area contributed by atoms with Gasteiger partial charge in [0.1, 0.15) is 11.8 Å². The molecule has 0 N–H and O–H groups in total. The fourth-order valence-corrected chi connectivity index (χ4v) is 1.39. The average Bonchev–Trinajstić information content (AvgIpc) is 2.75. The Morgan fingerprint density at radius 2 is 2.06 bits per heavy atom. The quantitative estimate of drug-likeness (QED) is 0.783. The number of nitriles is 2. The molecule has 0 aliphatic heterocycles. The predicted molar refractivity (Wildman–Crippen MR) is 60.2 cm³/mol. The maximum Gasteiger partial charge on any atom is 0.200 e. The maximum atomic E-state index is 8.98. The van der Waals surface area contributed by atoms with Gasteiger partial charge in [-0.05, 0) is 24.3 Å². The van der Waals surface area contributed by atoms with E-state index in [2.05, 4.69) is 6.20 Å². The van der Waals surface area contributed by atoms with Crippen molar-refractivity contribution >= 4 is 0 Å². The molecule has 1 aromatic carbocycles. The first-order valence-electron chi connectivity index (χ1n) is 4.90. The van der Waals surface area contributed by atoms with Gasteiger partial charge >= 0.3 is 0 Å². The van der Waals surface area contributed by atoms with E-state index in [-0.39, 0.29) is 0 Å². The molecular formula is C13H8N3O. The van der Waals surface area contributed by atoms with Crippen molar-refractivity contribution in [3.63, 3.8) is 0 Å². The number of ether oxygens (including phenoxy) is 1. The molecule has 0 saturated carbocycles. The summed E-state index contributed by atoms with van der Waals surface area (Å²) in [6.45, 7) is 0. The van der Waals surface area contributed by atoms with Gasteiger partial charge in [-0.1, -0.05) is 0 Å². The number of hydrogen-bond donors (Lipinski definition) is 0. The Hall–Kier alpha value is -2.72. The third kappa shape index (κ3) is 2.11. The van der Waals surface area contributed by atoms with E-state index in [4.69, 9.17) is 15.3 Å². The van der Waals surface area contributed by atoms with Gasteiger partial charge in [0.2, 0.25) is 0 Å². The van der Waals surface area contributed by atoms with E-state index in [1.807, 2.05) is 12.1 Å². The normalized spacial score (nSPS) is 9.35. The number of aryl methyl sites for hydroxylation is 1. The molecule has 2 rings (SSSR count). The summed E-state index contributed by atoms with van der Waals surface area (Å²) in [5, 5.41) is 17.7. The lowest BCUT2D eigenvalue weighted by Crippen LogP contribution is -1.94. The van der Waals surface area contributed by atoms with Gasteiger partial charge in [-0.2, -0.15) is 10.5 Å². The first kappa shape index (κ1) is 10.8. The van der Waals surface area contributed by atoms with Gasteiger partial charge in [0.25, 0.3) is 0 Å². The van der Waals surface area contributed by atoms with Gasteiger partial charge in [0.05, 0.1) is 23.4 Å². The molecule has 1 heterocycles. The molecule has 4 nitrogen and oxygen atoms in total. The lowest BCUT2D eigenvalue weighted by Gasteiger charge is -2.07. The molecule has 4 heteroatoms. The molecule has 0 aliphatic rings. The van der Waals surface area contributed by atoms with Crippen LogP contribution in [0.5, 0.6) is 11.6 Å². The van der Waals surface area contributed by atoms with Crippen LogP contribution in [-0.2, 0) is 7.05 Å². The Kier molecular flexibility index (Phi) is 2.81. The molecule has 0 amide bonds. The first-order chi connectivity index (χ1) is 8.24. The summed E-state index contributed by atoms with van der Waals surface area (Å²) in [6.07, 6.45) is 2.91. The number of hydrogen-bond acceptors (Lipinski definition) is 3. The van der Waals surface area contributed by atoms with E-state index >= 15 is 0 Å². The third-order valence-corrected chi connectivity index (χ3v) is 2.27. The van der Waals surface area contributed by atoms with Gasteiger partial charge in [-0.15, -0.1) is 0 Å². The van der Waals surface area contributed by atoms with Crippen molar-refractivity contribution in [2.45, 2.75) is 0 Å². The number of aromatic nitrogens is 1. The Bertz CT molecular complexity index is 629. The van der Waals surface area contributed by atoms with Crippen LogP contribution < -0.4 is 4.74 Å². The zero-order chi connectivity index (χ0) is 12.3. The first-order valence-corrected chi connectivity index (χ1v) is 4.90. The van der Waals surface area contributed by atoms with Crippen molar-refractivity contribution in [2.24, 2.45) is 7.05 Å². The molecule has 0 atom stereocenters.